The fraction of sp³-hybridized carbons (Fsp3) is 0.190. The summed E-state index contributed by atoms with van der Waals surface area (Å²) in [4.78, 5) is 28.8. The molecule has 0 fully saturated rings. The first-order valence-corrected chi connectivity index (χ1v) is 10.6. The number of aliphatic hydroxyl groups is 1. The van der Waals surface area contributed by atoms with E-state index in [-0.39, 0.29) is 30.7 Å². The van der Waals surface area contributed by atoms with E-state index in [1.54, 1.807) is 28.8 Å². The lowest BCUT2D eigenvalue weighted by Gasteiger charge is -2.11. The maximum Gasteiger partial charge on any atom is 0.240 e. The van der Waals surface area contributed by atoms with E-state index in [0.29, 0.717) is 28.1 Å². The second-order valence-corrected chi connectivity index (χ2v) is 7.76. The smallest absolute Gasteiger partial charge is 0.240 e. The fourth-order valence-corrected chi connectivity index (χ4v) is 3.68. The second kappa shape index (κ2) is 10.8. The predicted octanol–water partition coefficient (Wildman–Crippen LogP) is 3.08. The number of amides is 2. The van der Waals surface area contributed by atoms with Gasteiger partial charge in [-0.2, -0.15) is 0 Å². The van der Waals surface area contributed by atoms with E-state index in [4.69, 9.17) is 11.6 Å². The van der Waals surface area contributed by atoms with Gasteiger partial charge in [-0.1, -0.05) is 59.8 Å². The van der Waals surface area contributed by atoms with Gasteiger partial charge in [0.15, 0.2) is 5.16 Å². The number of nitrogens with zero attached hydrogens (tertiary/aromatic N) is 2. The van der Waals surface area contributed by atoms with Gasteiger partial charge in [-0.15, -0.1) is 0 Å². The Morgan fingerprint density at radius 1 is 1.10 bits per heavy atom. The number of carbonyl (C=O) groups is 2. The molecule has 1 heterocycles. The lowest BCUT2D eigenvalue weighted by atomic mass is 10.2. The number of halogens is 1. The standard InChI is InChI=1S/C21H21ClN4O3S/c22-16-7-4-8-17(9-16)25-20(29)14-30-21-24-11-18(13-27)26(21)12-19(28)23-10-15-5-2-1-3-6-15/h1-9,11,27H,10,12-14H2,(H,23,28)(H,25,29). The summed E-state index contributed by atoms with van der Waals surface area (Å²) in [5, 5.41) is 16.2. The van der Waals surface area contributed by atoms with Crippen LogP contribution >= 0.6 is 23.4 Å². The fourth-order valence-electron chi connectivity index (χ4n) is 2.69. The molecule has 0 saturated carbocycles. The van der Waals surface area contributed by atoms with Gasteiger partial charge in [-0.05, 0) is 23.8 Å². The zero-order valence-corrected chi connectivity index (χ0v) is 17.6. The highest BCUT2D eigenvalue weighted by Gasteiger charge is 2.15. The topological polar surface area (TPSA) is 96.2 Å². The van der Waals surface area contributed by atoms with Crippen molar-refractivity contribution in [3.8, 4) is 0 Å². The van der Waals surface area contributed by atoms with E-state index in [9.17, 15) is 14.7 Å². The summed E-state index contributed by atoms with van der Waals surface area (Å²) in [6.07, 6.45) is 1.50. The summed E-state index contributed by atoms with van der Waals surface area (Å²) in [6.45, 7) is 0.155. The van der Waals surface area contributed by atoms with E-state index >= 15 is 0 Å². The highest BCUT2D eigenvalue weighted by molar-refractivity contribution is 7.99. The Morgan fingerprint density at radius 3 is 2.63 bits per heavy atom. The monoisotopic (exact) mass is 444 g/mol. The van der Waals surface area contributed by atoms with Crippen LogP contribution in [0.2, 0.25) is 5.02 Å². The number of aliphatic hydroxyl groups excluding tert-OH is 1. The number of nitrogens with one attached hydrogen (secondary N) is 2. The summed E-state index contributed by atoms with van der Waals surface area (Å²) in [5.74, 6) is -0.340. The van der Waals surface area contributed by atoms with Gasteiger partial charge >= 0.3 is 0 Å². The van der Waals surface area contributed by atoms with Gasteiger partial charge in [-0.25, -0.2) is 4.98 Å². The van der Waals surface area contributed by atoms with E-state index in [0.717, 1.165) is 5.56 Å². The first-order chi connectivity index (χ1) is 14.5. The largest absolute Gasteiger partial charge is 0.390 e. The molecule has 2 aromatic carbocycles. The molecule has 2 amide bonds. The van der Waals surface area contributed by atoms with Crippen LogP contribution in [0, 0.1) is 0 Å². The Hall–Kier alpha value is -2.81. The van der Waals surface area contributed by atoms with Crippen LogP contribution < -0.4 is 10.6 Å². The van der Waals surface area contributed by atoms with Gasteiger partial charge in [-0.3, -0.25) is 9.59 Å². The third kappa shape index (κ3) is 6.35. The quantitative estimate of drug-likeness (QED) is 0.441. The number of imidazole rings is 1. The summed E-state index contributed by atoms with van der Waals surface area (Å²) in [5.41, 5.74) is 2.10. The van der Waals surface area contributed by atoms with Crippen LogP contribution in [0.1, 0.15) is 11.3 Å². The van der Waals surface area contributed by atoms with Gasteiger partial charge in [0.1, 0.15) is 6.54 Å². The van der Waals surface area contributed by atoms with Crippen molar-refractivity contribution in [2.24, 2.45) is 0 Å². The van der Waals surface area contributed by atoms with Gasteiger partial charge in [0, 0.05) is 17.3 Å². The number of carbonyl (C=O) groups excluding carboxylic acids is 2. The summed E-state index contributed by atoms with van der Waals surface area (Å²) in [7, 11) is 0. The molecule has 0 bridgehead atoms. The van der Waals surface area contributed by atoms with Crippen LogP contribution in [0.5, 0.6) is 0 Å². The predicted molar refractivity (Wildman–Crippen MR) is 117 cm³/mol. The molecule has 3 aromatic rings. The van der Waals surface area contributed by atoms with Gasteiger partial charge in [0.25, 0.3) is 0 Å². The Bertz CT molecular complexity index is 1010. The molecule has 0 spiro atoms. The average molecular weight is 445 g/mol. The van der Waals surface area contributed by atoms with Crippen molar-refractivity contribution in [2.45, 2.75) is 24.9 Å². The SMILES string of the molecule is O=C(Cn1c(CO)cnc1SCC(=O)Nc1cccc(Cl)c1)NCc1ccccc1. The summed E-state index contributed by atoms with van der Waals surface area (Å²) >= 11 is 7.11. The van der Waals surface area contributed by atoms with Gasteiger partial charge < -0.3 is 20.3 Å². The minimum Gasteiger partial charge on any atom is -0.390 e. The molecule has 3 rings (SSSR count). The van der Waals surface area contributed by atoms with Crippen LogP contribution in [-0.4, -0.2) is 32.2 Å². The zero-order valence-electron chi connectivity index (χ0n) is 16.0. The van der Waals surface area contributed by atoms with Crippen LogP contribution in [0.25, 0.3) is 0 Å². The zero-order chi connectivity index (χ0) is 21.3. The Labute approximate surface area is 183 Å². The Morgan fingerprint density at radius 2 is 1.90 bits per heavy atom. The molecule has 0 aliphatic carbocycles. The maximum atomic E-state index is 12.4. The highest BCUT2D eigenvalue weighted by atomic mass is 35.5. The Balaban J connectivity index is 1.57. The number of rotatable bonds is 9. The molecular weight excluding hydrogens is 424 g/mol. The normalized spacial score (nSPS) is 10.6. The molecule has 0 radical (unpaired) electrons. The van der Waals surface area contributed by atoms with E-state index in [1.807, 2.05) is 30.3 Å². The highest BCUT2D eigenvalue weighted by Crippen LogP contribution is 2.20. The van der Waals surface area contributed by atoms with Crippen molar-refractivity contribution in [2.75, 3.05) is 11.1 Å². The molecule has 0 aliphatic heterocycles. The number of thioether (sulfide) groups is 1. The minimum absolute atomic E-state index is 0.000965. The molecule has 0 atom stereocenters. The van der Waals surface area contributed by atoms with Crippen molar-refractivity contribution in [1.29, 1.82) is 0 Å². The number of hydrogen-bond donors (Lipinski definition) is 3. The molecule has 9 heteroatoms. The molecule has 1 aromatic heterocycles. The maximum absolute atomic E-state index is 12.4. The second-order valence-electron chi connectivity index (χ2n) is 6.39. The third-order valence-corrected chi connectivity index (χ3v) is 5.36. The van der Waals surface area contributed by atoms with Crippen LogP contribution in [-0.2, 0) is 29.3 Å². The molecule has 3 N–H and O–H groups in total. The first kappa shape index (κ1) is 21.9. The first-order valence-electron chi connectivity index (χ1n) is 9.19. The lowest BCUT2D eigenvalue weighted by Crippen LogP contribution is -2.28. The van der Waals surface area contributed by atoms with E-state index in [2.05, 4.69) is 15.6 Å². The van der Waals surface area contributed by atoms with Crippen molar-refractivity contribution >= 4 is 40.9 Å². The van der Waals surface area contributed by atoms with E-state index in [1.165, 1.54) is 18.0 Å². The average Bonchev–Trinajstić information content (AvgIpc) is 3.13. The van der Waals surface area contributed by atoms with E-state index < -0.39 is 0 Å². The van der Waals surface area contributed by atoms with Gasteiger partial charge in [0.05, 0.1) is 24.3 Å². The van der Waals surface area contributed by atoms with Crippen molar-refractivity contribution in [3.05, 3.63) is 77.1 Å². The minimum atomic E-state index is -0.256. The number of hydrogen-bond acceptors (Lipinski definition) is 5. The van der Waals surface area contributed by atoms with Crippen LogP contribution in [0.3, 0.4) is 0 Å². The lowest BCUT2D eigenvalue weighted by molar-refractivity contribution is -0.122. The van der Waals surface area contributed by atoms with Gasteiger partial charge in [0.2, 0.25) is 11.8 Å². The molecule has 7 nitrogen and oxygen atoms in total. The number of benzene rings is 2. The molecule has 0 aliphatic rings. The molecule has 156 valence electrons. The third-order valence-electron chi connectivity index (χ3n) is 4.14. The molecule has 0 saturated heterocycles. The van der Waals surface area contributed by atoms with Crippen molar-refractivity contribution in [3.63, 3.8) is 0 Å². The molecule has 30 heavy (non-hydrogen) atoms. The van der Waals surface area contributed by atoms with Crippen LogP contribution in [0.15, 0.2) is 66.0 Å². The number of anilines is 1. The van der Waals surface area contributed by atoms with Crippen molar-refractivity contribution in [1.82, 2.24) is 14.9 Å². The van der Waals surface area contributed by atoms with Crippen molar-refractivity contribution < 1.29 is 14.7 Å². The number of aromatic nitrogens is 2. The summed E-state index contributed by atoms with van der Waals surface area (Å²) in [6, 6.07) is 16.5. The summed E-state index contributed by atoms with van der Waals surface area (Å²) < 4.78 is 1.61. The Kier molecular flexibility index (Phi) is 7.89. The van der Waals surface area contributed by atoms with Crippen LogP contribution in [0.4, 0.5) is 5.69 Å². The molecule has 0 unspecified atom stereocenters. The molecular formula is C21H21ClN4O3S.